The fourth-order valence-electron chi connectivity index (χ4n) is 3.27. The molecule has 0 saturated carbocycles. The number of anilines is 4. The van der Waals surface area contributed by atoms with Crippen LogP contribution < -0.4 is 15.5 Å². The molecule has 4 rings (SSSR count). The van der Waals surface area contributed by atoms with E-state index < -0.39 is 0 Å². The second kappa shape index (κ2) is 8.03. The first kappa shape index (κ1) is 17.3. The normalized spacial score (nSPS) is 13.6. The van der Waals surface area contributed by atoms with Crippen molar-refractivity contribution in [3.8, 4) is 0 Å². The Morgan fingerprint density at radius 2 is 1.70 bits per heavy atom. The lowest BCUT2D eigenvalue weighted by Crippen LogP contribution is -2.17. The van der Waals surface area contributed by atoms with E-state index in [1.807, 2.05) is 25.1 Å². The summed E-state index contributed by atoms with van der Waals surface area (Å²) in [7, 11) is 0. The summed E-state index contributed by atoms with van der Waals surface area (Å²) in [4.78, 5) is 15.5. The molecule has 0 atom stereocenters. The highest BCUT2D eigenvalue weighted by atomic mass is 15.2. The first-order valence-corrected chi connectivity index (χ1v) is 9.37. The van der Waals surface area contributed by atoms with Crippen LogP contribution in [0.4, 0.5) is 23.1 Å². The Morgan fingerprint density at radius 3 is 2.44 bits per heavy atom. The van der Waals surface area contributed by atoms with Gasteiger partial charge in [0, 0.05) is 55.2 Å². The molecule has 2 aromatic heterocycles. The molecule has 1 saturated heterocycles. The molecule has 1 aromatic carbocycles. The van der Waals surface area contributed by atoms with Crippen LogP contribution in [0.1, 0.15) is 24.1 Å². The molecule has 3 heterocycles. The van der Waals surface area contributed by atoms with Crippen molar-refractivity contribution >= 4 is 23.1 Å². The van der Waals surface area contributed by atoms with Crippen LogP contribution in [0.15, 0.2) is 54.9 Å². The maximum atomic E-state index is 4.58. The minimum absolute atomic E-state index is 0.614. The summed E-state index contributed by atoms with van der Waals surface area (Å²) in [5.74, 6) is 1.40. The smallest absolute Gasteiger partial charge is 0.225 e. The van der Waals surface area contributed by atoms with E-state index >= 15 is 0 Å². The first-order valence-electron chi connectivity index (χ1n) is 9.37. The Bertz CT molecular complexity index is 873. The van der Waals surface area contributed by atoms with E-state index in [4.69, 9.17) is 0 Å². The number of rotatable bonds is 6. The highest BCUT2D eigenvalue weighted by molar-refractivity contribution is 5.61. The van der Waals surface area contributed by atoms with E-state index in [2.05, 4.69) is 54.8 Å². The van der Waals surface area contributed by atoms with Crippen molar-refractivity contribution < 1.29 is 0 Å². The second-order valence-electron chi connectivity index (χ2n) is 6.79. The molecule has 6 nitrogen and oxygen atoms in total. The zero-order valence-electron chi connectivity index (χ0n) is 15.5. The van der Waals surface area contributed by atoms with Gasteiger partial charge in [-0.2, -0.15) is 4.98 Å². The molecule has 0 radical (unpaired) electrons. The molecule has 0 unspecified atom stereocenters. The van der Waals surface area contributed by atoms with E-state index in [0.717, 1.165) is 35.9 Å². The Hall–Kier alpha value is -3.15. The van der Waals surface area contributed by atoms with Crippen LogP contribution in [0.25, 0.3) is 0 Å². The maximum Gasteiger partial charge on any atom is 0.225 e. The van der Waals surface area contributed by atoms with Crippen LogP contribution >= 0.6 is 0 Å². The van der Waals surface area contributed by atoms with Crippen molar-refractivity contribution in [1.82, 2.24) is 15.0 Å². The Kier molecular flexibility index (Phi) is 5.14. The number of benzene rings is 1. The summed E-state index contributed by atoms with van der Waals surface area (Å²) < 4.78 is 0. The summed E-state index contributed by atoms with van der Waals surface area (Å²) in [6.07, 6.45) is 6.14. The van der Waals surface area contributed by atoms with Crippen molar-refractivity contribution in [2.45, 2.75) is 26.3 Å². The molecule has 0 bridgehead atoms. The van der Waals surface area contributed by atoms with Crippen LogP contribution in [0, 0.1) is 6.92 Å². The highest BCUT2D eigenvalue weighted by Gasteiger charge is 2.12. The van der Waals surface area contributed by atoms with E-state index in [1.165, 1.54) is 18.5 Å². The van der Waals surface area contributed by atoms with Gasteiger partial charge in [-0.05, 0) is 61.7 Å². The molecule has 0 aliphatic carbocycles. The summed E-state index contributed by atoms with van der Waals surface area (Å²) in [6, 6.07) is 14.5. The number of nitrogens with one attached hydrogen (secondary N) is 2. The fourth-order valence-corrected chi connectivity index (χ4v) is 3.27. The van der Waals surface area contributed by atoms with Gasteiger partial charge in [0.25, 0.3) is 0 Å². The Morgan fingerprint density at radius 1 is 0.963 bits per heavy atom. The highest BCUT2D eigenvalue weighted by Crippen LogP contribution is 2.24. The summed E-state index contributed by atoms with van der Waals surface area (Å²) in [5, 5.41) is 6.66. The van der Waals surface area contributed by atoms with Crippen molar-refractivity contribution in [1.29, 1.82) is 0 Å². The maximum absolute atomic E-state index is 4.58. The van der Waals surface area contributed by atoms with E-state index in [1.54, 1.807) is 12.4 Å². The van der Waals surface area contributed by atoms with Crippen LogP contribution in [0.2, 0.25) is 0 Å². The molecule has 1 fully saturated rings. The van der Waals surface area contributed by atoms with Gasteiger partial charge in [0.05, 0.1) is 0 Å². The number of hydrogen-bond donors (Lipinski definition) is 2. The molecule has 6 heteroatoms. The molecule has 1 aliphatic rings. The SMILES string of the molecule is Cc1cc(Nc2ccc(N3CCCC3)cc2)nc(NCc2ccncc2)n1. The van der Waals surface area contributed by atoms with Gasteiger partial charge in [-0.25, -0.2) is 4.98 Å². The third-order valence-corrected chi connectivity index (χ3v) is 4.67. The van der Waals surface area contributed by atoms with Crippen LogP contribution in [-0.4, -0.2) is 28.0 Å². The Balaban J connectivity index is 1.43. The third-order valence-electron chi connectivity index (χ3n) is 4.67. The van der Waals surface area contributed by atoms with Crippen molar-refractivity contribution in [3.05, 3.63) is 66.1 Å². The fraction of sp³-hybridized carbons (Fsp3) is 0.286. The molecule has 0 amide bonds. The average molecular weight is 360 g/mol. The average Bonchev–Trinajstić information content (AvgIpc) is 3.22. The van der Waals surface area contributed by atoms with Gasteiger partial charge in [-0.3, -0.25) is 4.98 Å². The standard InChI is InChI=1S/C21H24N6/c1-16-14-20(26-21(24-16)23-15-17-8-10-22-11-9-17)25-18-4-6-19(7-5-18)27-12-2-3-13-27/h4-11,14H,2-3,12-13,15H2,1H3,(H2,23,24,25,26). The van der Waals surface area contributed by atoms with Crippen molar-refractivity contribution in [2.75, 3.05) is 28.6 Å². The number of pyridine rings is 1. The van der Waals surface area contributed by atoms with E-state index in [-0.39, 0.29) is 0 Å². The van der Waals surface area contributed by atoms with Crippen LogP contribution in [0.5, 0.6) is 0 Å². The van der Waals surface area contributed by atoms with Gasteiger partial charge in [-0.1, -0.05) is 0 Å². The van der Waals surface area contributed by atoms with E-state index in [9.17, 15) is 0 Å². The van der Waals surface area contributed by atoms with Crippen molar-refractivity contribution in [3.63, 3.8) is 0 Å². The minimum atomic E-state index is 0.614. The summed E-state index contributed by atoms with van der Waals surface area (Å²) in [6.45, 7) is 4.95. The molecule has 2 N–H and O–H groups in total. The summed E-state index contributed by atoms with van der Waals surface area (Å²) in [5.41, 5.74) is 4.37. The number of hydrogen-bond acceptors (Lipinski definition) is 6. The monoisotopic (exact) mass is 360 g/mol. The Labute approximate surface area is 159 Å². The molecule has 1 aliphatic heterocycles. The zero-order valence-corrected chi connectivity index (χ0v) is 15.5. The van der Waals surface area contributed by atoms with Crippen LogP contribution in [0.3, 0.4) is 0 Å². The van der Waals surface area contributed by atoms with Gasteiger partial charge in [0.15, 0.2) is 0 Å². The van der Waals surface area contributed by atoms with Gasteiger partial charge < -0.3 is 15.5 Å². The van der Waals surface area contributed by atoms with Crippen molar-refractivity contribution in [2.24, 2.45) is 0 Å². The van der Waals surface area contributed by atoms with Crippen LogP contribution in [-0.2, 0) is 6.54 Å². The molecule has 0 spiro atoms. The predicted octanol–water partition coefficient (Wildman–Crippen LogP) is 4.14. The largest absolute Gasteiger partial charge is 0.372 e. The lowest BCUT2D eigenvalue weighted by Gasteiger charge is -2.18. The second-order valence-corrected chi connectivity index (χ2v) is 6.79. The molecular weight excluding hydrogens is 336 g/mol. The number of aromatic nitrogens is 3. The quantitative estimate of drug-likeness (QED) is 0.689. The first-order chi connectivity index (χ1) is 13.3. The minimum Gasteiger partial charge on any atom is -0.372 e. The summed E-state index contributed by atoms with van der Waals surface area (Å²) >= 11 is 0. The van der Waals surface area contributed by atoms with Gasteiger partial charge >= 0.3 is 0 Å². The third kappa shape index (κ3) is 4.53. The predicted molar refractivity (Wildman–Crippen MR) is 110 cm³/mol. The topological polar surface area (TPSA) is 66.0 Å². The van der Waals surface area contributed by atoms with Gasteiger partial charge in [-0.15, -0.1) is 0 Å². The van der Waals surface area contributed by atoms with Gasteiger partial charge in [0.1, 0.15) is 5.82 Å². The zero-order chi connectivity index (χ0) is 18.5. The lowest BCUT2D eigenvalue weighted by atomic mass is 10.2. The lowest BCUT2D eigenvalue weighted by molar-refractivity contribution is 0.949. The van der Waals surface area contributed by atoms with Gasteiger partial charge in [0.2, 0.25) is 5.95 Å². The number of aryl methyl sites for hydroxylation is 1. The molecular formula is C21H24N6. The van der Waals surface area contributed by atoms with E-state index in [0.29, 0.717) is 12.5 Å². The number of nitrogens with zero attached hydrogens (tertiary/aromatic N) is 4. The molecule has 3 aromatic rings. The molecule has 27 heavy (non-hydrogen) atoms. The molecule has 138 valence electrons.